The summed E-state index contributed by atoms with van der Waals surface area (Å²) in [5.74, 6) is -0.411. The molecule has 24 heavy (non-hydrogen) atoms. The Morgan fingerprint density at radius 2 is 1.67 bits per heavy atom. The van der Waals surface area contributed by atoms with Crippen LogP contribution in [0.25, 0.3) is 0 Å². The molecule has 1 fully saturated rings. The van der Waals surface area contributed by atoms with Gasteiger partial charge in [0.25, 0.3) is 0 Å². The molecule has 0 aromatic heterocycles. The van der Waals surface area contributed by atoms with Crippen molar-refractivity contribution in [1.82, 2.24) is 5.32 Å². The fourth-order valence-corrected chi connectivity index (χ4v) is 2.69. The van der Waals surface area contributed by atoms with Crippen molar-refractivity contribution in [2.24, 2.45) is 0 Å². The van der Waals surface area contributed by atoms with Crippen molar-refractivity contribution in [3.8, 4) is 0 Å². The molecule has 124 valence electrons. The Kier molecular flexibility index (Phi) is 4.44. The number of ether oxygens (including phenoxy) is 1. The number of hydrogen-bond donors (Lipinski definition) is 2. The van der Waals surface area contributed by atoms with Gasteiger partial charge in [-0.3, -0.25) is 0 Å². The van der Waals surface area contributed by atoms with Crippen molar-refractivity contribution >= 4 is 29.3 Å². The van der Waals surface area contributed by atoms with Gasteiger partial charge in [-0.25, -0.2) is 9.59 Å². The molecule has 5 nitrogen and oxygen atoms in total. The highest BCUT2D eigenvalue weighted by molar-refractivity contribution is 6.30. The Hall–Kier alpha value is -2.53. The fourth-order valence-electron chi connectivity index (χ4n) is 2.57. The third-order valence-electron chi connectivity index (χ3n) is 4.06. The van der Waals surface area contributed by atoms with Gasteiger partial charge in [0.05, 0.1) is 18.2 Å². The SMILES string of the molecule is COC(=O)c1ccc(NC(=O)NC2(c3ccc(Cl)cc3)CC2)cc1. The number of esters is 1. The highest BCUT2D eigenvalue weighted by Crippen LogP contribution is 2.45. The Bertz CT molecular complexity index is 753. The average molecular weight is 345 g/mol. The molecule has 3 rings (SSSR count). The number of methoxy groups -OCH3 is 1. The number of carbonyl (C=O) groups excluding carboxylic acids is 2. The van der Waals surface area contributed by atoms with Gasteiger partial charge in [0.1, 0.15) is 0 Å². The van der Waals surface area contributed by atoms with Gasteiger partial charge in [-0.05, 0) is 54.8 Å². The molecule has 1 saturated carbocycles. The maximum absolute atomic E-state index is 12.2. The Morgan fingerprint density at radius 3 is 2.21 bits per heavy atom. The summed E-state index contributed by atoms with van der Waals surface area (Å²) < 4.78 is 4.64. The second-order valence-electron chi connectivity index (χ2n) is 5.74. The first kappa shape index (κ1) is 16.3. The van der Waals surface area contributed by atoms with Crippen molar-refractivity contribution in [1.29, 1.82) is 0 Å². The molecule has 0 spiro atoms. The number of hydrogen-bond acceptors (Lipinski definition) is 3. The van der Waals surface area contributed by atoms with E-state index in [1.807, 2.05) is 24.3 Å². The minimum absolute atomic E-state index is 0.284. The molecule has 0 heterocycles. The Balaban J connectivity index is 1.63. The van der Waals surface area contributed by atoms with Crippen LogP contribution >= 0.6 is 11.6 Å². The van der Waals surface area contributed by atoms with Crippen molar-refractivity contribution in [2.45, 2.75) is 18.4 Å². The van der Waals surface area contributed by atoms with Crippen LogP contribution in [0.2, 0.25) is 5.02 Å². The monoisotopic (exact) mass is 344 g/mol. The van der Waals surface area contributed by atoms with Crippen LogP contribution in [0, 0.1) is 0 Å². The summed E-state index contributed by atoms with van der Waals surface area (Å²) in [7, 11) is 1.33. The Morgan fingerprint density at radius 1 is 1.04 bits per heavy atom. The van der Waals surface area contributed by atoms with E-state index in [2.05, 4.69) is 15.4 Å². The zero-order valence-electron chi connectivity index (χ0n) is 13.1. The lowest BCUT2D eigenvalue weighted by Crippen LogP contribution is -2.38. The number of carbonyl (C=O) groups is 2. The summed E-state index contributed by atoms with van der Waals surface area (Å²) in [5, 5.41) is 6.46. The summed E-state index contributed by atoms with van der Waals surface area (Å²) in [6.07, 6.45) is 1.78. The van der Waals surface area contributed by atoms with Gasteiger partial charge in [-0.1, -0.05) is 23.7 Å². The molecule has 0 radical (unpaired) electrons. The van der Waals surface area contributed by atoms with E-state index in [0.717, 1.165) is 18.4 Å². The minimum atomic E-state index is -0.411. The first-order valence-electron chi connectivity index (χ1n) is 7.56. The molecule has 0 atom stereocenters. The third-order valence-corrected chi connectivity index (χ3v) is 4.32. The predicted octanol–water partition coefficient (Wildman–Crippen LogP) is 3.94. The van der Waals surface area contributed by atoms with E-state index in [4.69, 9.17) is 11.6 Å². The summed E-state index contributed by atoms with van der Waals surface area (Å²) >= 11 is 5.91. The summed E-state index contributed by atoms with van der Waals surface area (Å²) in [5.41, 5.74) is 1.76. The lowest BCUT2D eigenvalue weighted by molar-refractivity contribution is 0.0601. The van der Waals surface area contributed by atoms with Crippen LogP contribution in [0.3, 0.4) is 0 Å². The van der Waals surface area contributed by atoms with Gasteiger partial charge in [-0.2, -0.15) is 0 Å². The summed E-state index contributed by atoms with van der Waals surface area (Å²) in [6.45, 7) is 0. The highest BCUT2D eigenvalue weighted by atomic mass is 35.5. The molecule has 1 aliphatic carbocycles. The van der Waals surface area contributed by atoms with Gasteiger partial charge < -0.3 is 15.4 Å². The number of rotatable bonds is 4. The lowest BCUT2D eigenvalue weighted by Gasteiger charge is -2.18. The van der Waals surface area contributed by atoms with Crippen LogP contribution in [0.15, 0.2) is 48.5 Å². The van der Waals surface area contributed by atoms with Crippen molar-refractivity contribution in [2.75, 3.05) is 12.4 Å². The van der Waals surface area contributed by atoms with E-state index in [0.29, 0.717) is 16.3 Å². The maximum Gasteiger partial charge on any atom is 0.337 e. The van der Waals surface area contributed by atoms with E-state index in [1.165, 1.54) is 7.11 Å². The van der Waals surface area contributed by atoms with Gasteiger partial charge in [0.15, 0.2) is 0 Å². The highest BCUT2D eigenvalue weighted by Gasteiger charge is 2.45. The number of anilines is 1. The predicted molar refractivity (Wildman–Crippen MR) is 92.3 cm³/mol. The second kappa shape index (κ2) is 6.53. The number of nitrogens with one attached hydrogen (secondary N) is 2. The fraction of sp³-hybridized carbons (Fsp3) is 0.222. The average Bonchev–Trinajstić information content (AvgIpc) is 3.35. The molecule has 2 N–H and O–H groups in total. The van der Waals surface area contributed by atoms with Crippen LogP contribution in [0.4, 0.5) is 10.5 Å². The molecule has 2 aromatic rings. The maximum atomic E-state index is 12.2. The zero-order valence-corrected chi connectivity index (χ0v) is 13.9. The van der Waals surface area contributed by atoms with E-state index >= 15 is 0 Å². The van der Waals surface area contributed by atoms with Gasteiger partial charge in [0, 0.05) is 10.7 Å². The van der Waals surface area contributed by atoms with Crippen LogP contribution in [-0.4, -0.2) is 19.1 Å². The van der Waals surface area contributed by atoms with Crippen molar-refractivity contribution in [3.63, 3.8) is 0 Å². The first-order valence-corrected chi connectivity index (χ1v) is 7.94. The van der Waals surface area contributed by atoms with Crippen LogP contribution in [0.5, 0.6) is 0 Å². The number of benzene rings is 2. The largest absolute Gasteiger partial charge is 0.465 e. The summed E-state index contributed by atoms with van der Waals surface area (Å²) in [6, 6.07) is 13.8. The second-order valence-corrected chi connectivity index (χ2v) is 6.17. The smallest absolute Gasteiger partial charge is 0.337 e. The molecule has 0 saturated heterocycles. The molecular weight excluding hydrogens is 328 g/mol. The standard InChI is InChI=1S/C18H17ClN2O3/c1-24-16(22)12-2-8-15(9-3-12)20-17(23)21-18(10-11-18)13-4-6-14(19)7-5-13/h2-9H,10-11H2,1H3,(H2,20,21,23). The summed E-state index contributed by atoms with van der Waals surface area (Å²) in [4.78, 5) is 23.6. The van der Waals surface area contributed by atoms with Crippen LogP contribution in [0.1, 0.15) is 28.8 Å². The van der Waals surface area contributed by atoms with Crippen LogP contribution < -0.4 is 10.6 Å². The minimum Gasteiger partial charge on any atom is -0.465 e. The van der Waals surface area contributed by atoms with E-state index < -0.39 is 5.97 Å². The molecule has 6 heteroatoms. The molecule has 2 aromatic carbocycles. The van der Waals surface area contributed by atoms with E-state index in [-0.39, 0.29) is 11.6 Å². The normalized spacial score (nSPS) is 14.6. The molecular formula is C18H17ClN2O3. The van der Waals surface area contributed by atoms with Crippen molar-refractivity contribution in [3.05, 3.63) is 64.7 Å². The number of amides is 2. The third kappa shape index (κ3) is 3.51. The van der Waals surface area contributed by atoms with Crippen LogP contribution in [-0.2, 0) is 10.3 Å². The lowest BCUT2D eigenvalue weighted by atomic mass is 10.1. The number of halogens is 1. The van der Waals surface area contributed by atoms with E-state index in [9.17, 15) is 9.59 Å². The quantitative estimate of drug-likeness (QED) is 0.825. The number of urea groups is 1. The van der Waals surface area contributed by atoms with Gasteiger partial charge in [0.2, 0.25) is 0 Å². The molecule has 0 unspecified atom stereocenters. The molecule has 0 bridgehead atoms. The van der Waals surface area contributed by atoms with Gasteiger partial charge >= 0.3 is 12.0 Å². The molecule has 0 aliphatic heterocycles. The zero-order chi connectivity index (χ0) is 17.2. The van der Waals surface area contributed by atoms with Crippen molar-refractivity contribution < 1.29 is 14.3 Å². The van der Waals surface area contributed by atoms with E-state index in [1.54, 1.807) is 24.3 Å². The molecule has 2 amide bonds. The van der Waals surface area contributed by atoms with Gasteiger partial charge in [-0.15, -0.1) is 0 Å². The molecule has 1 aliphatic rings. The Labute approximate surface area is 145 Å². The first-order chi connectivity index (χ1) is 11.5. The topological polar surface area (TPSA) is 67.4 Å².